The smallest absolute Gasteiger partial charge is 0.309 e. The molecule has 100 valence electrons. The van der Waals surface area contributed by atoms with Gasteiger partial charge in [-0.25, -0.2) is 0 Å². The van der Waals surface area contributed by atoms with Crippen LogP contribution in [0.2, 0.25) is 0 Å². The molecule has 0 N–H and O–H groups in total. The number of rotatable bonds is 1. The summed E-state index contributed by atoms with van der Waals surface area (Å²) >= 11 is 0. The summed E-state index contributed by atoms with van der Waals surface area (Å²) in [4.78, 5) is 12.1. The minimum atomic E-state index is 0.0228. The number of carbonyl (C=O) groups excluding carboxylic acids is 1. The van der Waals surface area contributed by atoms with Crippen molar-refractivity contribution < 1.29 is 14.3 Å². The highest BCUT2D eigenvalue weighted by Gasteiger charge is 2.79. The van der Waals surface area contributed by atoms with Crippen molar-refractivity contribution >= 4 is 5.97 Å². The quantitative estimate of drug-likeness (QED) is 0.529. The molecule has 2 aliphatic carbocycles. The first-order valence-corrected chi connectivity index (χ1v) is 7.32. The fraction of sp³-hybridized carbons (Fsp3) is 0.933. The van der Waals surface area contributed by atoms with E-state index in [2.05, 4.69) is 20.8 Å². The van der Waals surface area contributed by atoms with E-state index in [1.54, 1.807) is 0 Å². The molecule has 4 fully saturated rings. The van der Waals surface area contributed by atoms with Crippen molar-refractivity contribution in [1.29, 1.82) is 0 Å². The molecule has 0 aromatic heterocycles. The Morgan fingerprint density at radius 3 is 2.72 bits per heavy atom. The fourth-order valence-electron chi connectivity index (χ4n) is 5.50. The molecule has 0 radical (unpaired) electrons. The summed E-state index contributed by atoms with van der Waals surface area (Å²) < 4.78 is 11.4. The van der Waals surface area contributed by atoms with Crippen molar-refractivity contribution in [1.82, 2.24) is 0 Å². The summed E-state index contributed by atoms with van der Waals surface area (Å²) in [5.74, 6) is 2.25. The molecule has 0 amide bonds. The first-order valence-electron chi connectivity index (χ1n) is 7.32. The molecular weight excluding hydrogens is 228 g/mol. The van der Waals surface area contributed by atoms with Crippen LogP contribution in [-0.4, -0.2) is 24.8 Å². The highest BCUT2D eigenvalue weighted by atomic mass is 16.6. The van der Waals surface area contributed by atoms with Gasteiger partial charge in [0.05, 0.1) is 19.1 Å². The Kier molecular flexibility index (Phi) is 1.95. The standard InChI is InChI=1S/C15H22O3/c1-8(2)9-4-5-14(3)10-6-17-13(16)11(10)12(9)15(14)7-18-15/h8-12H,4-7H2,1-3H3/t9-,10-,11+,12-,14+,15-/m1/s1. The van der Waals surface area contributed by atoms with Gasteiger partial charge < -0.3 is 9.47 Å². The second-order valence-corrected chi connectivity index (χ2v) is 7.33. The number of carbonyl (C=O) groups is 1. The molecule has 2 heterocycles. The lowest BCUT2D eigenvalue weighted by atomic mass is 9.60. The van der Waals surface area contributed by atoms with Gasteiger partial charge in [0.1, 0.15) is 5.60 Å². The Labute approximate surface area is 108 Å². The number of cyclic esters (lactones) is 1. The minimum Gasteiger partial charge on any atom is -0.465 e. The fourth-order valence-corrected chi connectivity index (χ4v) is 5.50. The van der Waals surface area contributed by atoms with Crippen molar-refractivity contribution in [3.63, 3.8) is 0 Å². The van der Waals surface area contributed by atoms with E-state index < -0.39 is 0 Å². The zero-order valence-corrected chi connectivity index (χ0v) is 11.4. The molecule has 2 saturated heterocycles. The normalized spacial score (nSPS) is 57.0. The van der Waals surface area contributed by atoms with Crippen LogP contribution in [0.5, 0.6) is 0 Å². The second kappa shape index (κ2) is 3.12. The van der Waals surface area contributed by atoms with E-state index in [4.69, 9.17) is 9.47 Å². The predicted molar refractivity (Wildman–Crippen MR) is 65.8 cm³/mol. The summed E-state index contributed by atoms with van der Waals surface area (Å²) in [6.45, 7) is 8.42. The SMILES string of the molecule is CC(C)[C@H]1CC[C@@]2(C)[C@@H]3COC(=O)[C@@H]3[C@@H]1[C@]21CO1. The number of esters is 1. The van der Waals surface area contributed by atoms with Crippen LogP contribution in [0.15, 0.2) is 0 Å². The molecule has 6 atom stereocenters. The summed E-state index contributed by atoms with van der Waals surface area (Å²) in [5, 5.41) is 0. The number of ether oxygens (including phenoxy) is 2. The first-order chi connectivity index (χ1) is 8.51. The number of epoxide rings is 1. The summed E-state index contributed by atoms with van der Waals surface area (Å²) in [5.41, 5.74) is 0.203. The molecular formula is C15H22O3. The third-order valence-corrected chi connectivity index (χ3v) is 6.59. The Morgan fingerprint density at radius 2 is 2.11 bits per heavy atom. The molecule has 4 aliphatic rings. The third kappa shape index (κ3) is 1.01. The molecule has 1 spiro atoms. The molecule has 3 nitrogen and oxygen atoms in total. The lowest BCUT2D eigenvalue weighted by molar-refractivity contribution is -0.145. The van der Waals surface area contributed by atoms with E-state index in [1.165, 1.54) is 12.8 Å². The van der Waals surface area contributed by atoms with Crippen molar-refractivity contribution in [3.8, 4) is 0 Å². The van der Waals surface area contributed by atoms with Gasteiger partial charge in [-0.2, -0.15) is 0 Å². The predicted octanol–water partition coefficient (Wildman–Crippen LogP) is 2.25. The maximum absolute atomic E-state index is 12.1. The van der Waals surface area contributed by atoms with Crippen LogP contribution in [0.1, 0.15) is 33.6 Å². The van der Waals surface area contributed by atoms with Crippen LogP contribution in [0.3, 0.4) is 0 Å². The van der Waals surface area contributed by atoms with E-state index in [0.29, 0.717) is 30.3 Å². The Bertz CT molecular complexity index is 412. The minimum absolute atomic E-state index is 0.0228. The molecule has 4 rings (SSSR count). The second-order valence-electron chi connectivity index (χ2n) is 7.33. The number of fused-ring (bicyclic) bond motifs is 3. The molecule has 0 aromatic rings. The van der Waals surface area contributed by atoms with Crippen LogP contribution in [-0.2, 0) is 14.3 Å². The van der Waals surface area contributed by atoms with Crippen molar-refractivity contribution in [2.45, 2.75) is 39.2 Å². The number of hydrogen-bond donors (Lipinski definition) is 0. The molecule has 2 aliphatic heterocycles. The zero-order valence-electron chi connectivity index (χ0n) is 11.4. The molecule has 2 saturated carbocycles. The summed E-state index contributed by atoms with van der Waals surface area (Å²) in [7, 11) is 0. The highest BCUT2D eigenvalue weighted by molar-refractivity contribution is 5.77. The van der Waals surface area contributed by atoms with Gasteiger partial charge in [0, 0.05) is 17.3 Å². The largest absolute Gasteiger partial charge is 0.465 e. The van der Waals surface area contributed by atoms with E-state index in [9.17, 15) is 4.79 Å². The van der Waals surface area contributed by atoms with Crippen LogP contribution in [0.4, 0.5) is 0 Å². The Balaban J connectivity index is 1.83. The molecule has 18 heavy (non-hydrogen) atoms. The van der Waals surface area contributed by atoms with Gasteiger partial charge in [-0.3, -0.25) is 4.79 Å². The summed E-state index contributed by atoms with van der Waals surface area (Å²) in [6, 6.07) is 0. The van der Waals surface area contributed by atoms with Gasteiger partial charge in [-0.1, -0.05) is 20.8 Å². The van der Waals surface area contributed by atoms with Crippen molar-refractivity contribution in [3.05, 3.63) is 0 Å². The first kappa shape index (κ1) is 11.3. The molecule has 0 unspecified atom stereocenters. The van der Waals surface area contributed by atoms with Gasteiger partial charge in [0.25, 0.3) is 0 Å². The van der Waals surface area contributed by atoms with E-state index >= 15 is 0 Å². The Morgan fingerprint density at radius 1 is 1.39 bits per heavy atom. The zero-order chi connectivity index (χ0) is 12.7. The van der Waals surface area contributed by atoms with Crippen LogP contribution >= 0.6 is 0 Å². The monoisotopic (exact) mass is 250 g/mol. The van der Waals surface area contributed by atoms with Crippen molar-refractivity contribution in [2.75, 3.05) is 13.2 Å². The van der Waals surface area contributed by atoms with Crippen LogP contribution in [0.25, 0.3) is 0 Å². The maximum atomic E-state index is 12.1. The van der Waals surface area contributed by atoms with Gasteiger partial charge >= 0.3 is 5.97 Å². The Hall–Kier alpha value is -0.570. The van der Waals surface area contributed by atoms with E-state index in [0.717, 1.165) is 6.61 Å². The third-order valence-electron chi connectivity index (χ3n) is 6.59. The van der Waals surface area contributed by atoms with Crippen LogP contribution in [0, 0.1) is 35.0 Å². The highest BCUT2D eigenvalue weighted by Crippen LogP contribution is 2.73. The average molecular weight is 250 g/mol. The van der Waals surface area contributed by atoms with Gasteiger partial charge in [-0.05, 0) is 24.7 Å². The van der Waals surface area contributed by atoms with E-state index in [-0.39, 0.29) is 22.9 Å². The lowest BCUT2D eigenvalue weighted by Crippen LogP contribution is -2.47. The van der Waals surface area contributed by atoms with E-state index in [1.807, 2.05) is 0 Å². The molecule has 0 aromatic carbocycles. The van der Waals surface area contributed by atoms with Gasteiger partial charge in [-0.15, -0.1) is 0 Å². The van der Waals surface area contributed by atoms with Gasteiger partial charge in [0.15, 0.2) is 0 Å². The maximum Gasteiger partial charge on any atom is 0.309 e. The molecule has 2 bridgehead atoms. The lowest BCUT2D eigenvalue weighted by Gasteiger charge is -2.44. The number of hydrogen-bond acceptors (Lipinski definition) is 3. The summed E-state index contributed by atoms with van der Waals surface area (Å²) in [6.07, 6.45) is 2.45. The van der Waals surface area contributed by atoms with Gasteiger partial charge in [0.2, 0.25) is 0 Å². The topological polar surface area (TPSA) is 38.8 Å². The van der Waals surface area contributed by atoms with Crippen molar-refractivity contribution in [2.24, 2.45) is 35.0 Å². The average Bonchev–Trinajstić information content (AvgIpc) is 2.99. The molecule has 3 heteroatoms. The van der Waals surface area contributed by atoms with Crippen LogP contribution < -0.4 is 0 Å².